The van der Waals surface area contributed by atoms with Gasteiger partial charge < -0.3 is 0 Å². The summed E-state index contributed by atoms with van der Waals surface area (Å²) in [7, 11) is 0. The lowest BCUT2D eigenvalue weighted by molar-refractivity contribution is 0.629. The van der Waals surface area contributed by atoms with E-state index in [2.05, 4.69) is 33.9 Å². The summed E-state index contributed by atoms with van der Waals surface area (Å²) >= 11 is 9.52. The van der Waals surface area contributed by atoms with Gasteiger partial charge in [0.1, 0.15) is 11.6 Å². The van der Waals surface area contributed by atoms with Gasteiger partial charge in [-0.1, -0.05) is 22.9 Å². The Morgan fingerprint density at radius 3 is 2.76 bits per heavy atom. The highest BCUT2D eigenvalue weighted by atomic mass is 79.9. The van der Waals surface area contributed by atoms with E-state index in [4.69, 9.17) is 11.6 Å². The molecule has 1 aromatic heterocycles. The molecule has 1 heterocycles. The highest BCUT2D eigenvalue weighted by molar-refractivity contribution is 9.10. The van der Waals surface area contributed by atoms with Crippen molar-refractivity contribution >= 4 is 38.6 Å². The standard InChI is InChI=1S/C16H13BrClFN2/c1-2-10-7-11(17)3-6-14(10)21-15-8-12(19)4-5-13(15)20-16(21)9-18/h3-8H,2,9H2,1H3. The normalized spacial score (nSPS) is 11.2. The summed E-state index contributed by atoms with van der Waals surface area (Å²) in [6.07, 6.45) is 0.867. The second kappa shape index (κ2) is 5.78. The van der Waals surface area contributed by atoms with Crippen LogP contribution in [0.15, 0.2) is 40.9 Å². The Hall–Kier alpha value is -1.39. The lowest BCUT2D eigenvalue weighted by atomic mass is 10.1. The molecule has 3 rings (SSSR count). The molecule has 0 fully saturated rings. The van der Waals surface area contributed by atoms with Crippen LogP contribution in [-0.4, -0.2) is 9.55 Å². The zero-order valence-electron chi connectivity index (χ0n) is 11.4. The zero-order chi connectivity index (χ0) is 15.0. The largest absolute Gasteiger partial charge is 0.295 e. The second-order valence-corrected chi connectivity index (χ2v) is 5.94. The molecule has 0 radical (unpaired) electrons. The van der Waals surface area contributed by atoms with E-state index >= 15 is 0 Å². The molecule has 108 valence electrons. The molecule has 21 heavy (non-hydrogen) atoms. The van der Waals surface area contributed by atoms with Crippen molar-refractivity contribution in [1.29, 1.82) is 0 Å². The van der Waals surface area contributed by atoms with Crippen molar-refractivity contribution in [1.82, 2.24) is 9.55 Å². The van der Waals surface area contributed by atoms with E-state index in [9.17, 15) is 4.39 Å². The molecule has 0 aliphatic heterocycles. The number of benzene rings is 2. The van der Waals surface area contributed by atoms with Crippen LogP contribution >= 0.6 is 27.5 Å². The third kappa shape index (κ3) is 2.58. The van der Waals surface area contributed by atoms with E-state index in [0.29, 0.717) is 5.82 Å². The predicted molar refractivity (Wildman–Crippen MR) is 87.7 cm³/mol. The number of fused-ring (bicyclic) bond motifs is 1. The first-order valence-electron chi connectivity index (χ1n) is 6.65. The van der Waals surface area contributed by atoms with Crippen LogP contribution in [0.4, 0.5) is 4.39 Å². The number of hydrogen-bond acceptors (Lipinski definition) is 1. The van der Waals surface area contributed by atoms with Crippen molar-refractivity contribution < 1.29 is 4.39 Å². The number of imidazole rings is 1. The average Bonchev–Trinajstić information content (AvgIpc) is 2.84. The highest BCUT2D eigenvalue weighted by Gasteiger charge is 2.15. The van der Waals surface area contributed by atoms with Crippen LogP contribution in [0.2, 0.25) is 0 Å². The maximum absolute atomic E-state index is 13.6. The topological polar surface area (TPSA) is 17.8 Å². The molecular formula is C16H13BrClFN2. The molecule has 0 saturated carbocycles. The van der Waals surface area contributed by atoms with E-state index < -0.39 is 0 Å². The van der Waals surface area contributed by atoms with Crippen LogP contribution in [0, 0.1) is 5.82 Å². The summed E-state index contributed by atoms with van der Waals surface area (Å²) in [6.45, 7) is 2.09. The Kier molecular flexibility index (Phi) is 4.00. The van der Waals surface area contributed by atoms with Crippen molar-refractivity contribution in [3.8, 4) is 5.69 Å². The summed E-state index contributed by atoms with van der Waals surface area (Å²) in [4.78, 5) is 4.50. The molecule has 0 aliphatic carbocycles. The molecule has 3 aromatic rings. The van der Waals surface area contributed by atoms with Crippen molar-refractivity contribution in [2.24, 2.45) is 0 Å². The van der Waals surface area contributed by atoms with Crippen LogP contribution < -0.4 is 0 Å². The fourth-order valence-corrected chi connectivity index (χ4v) is 3.10. The minimum absolute atomic E-state index is 0.273. The van der Waals surface area contributed by atoms with Crippen molar-refractivity contribution in [2.75, 3.05) is 0 Å². The van der Waals surface area contributed by atoms with Crippen LogP contribution in [0.5, 0.6) is 0 Å². The van der Waals surface area contributed by atoms with Gasteiger partial charge in [0.05, 0.1) is 22.6 Å². The Morgan fingerprint density at radius 2 is 2.05 bits per heavy atom. The summed E-state index contributed by atoms with van der Waals surface area (Å²) in [5, 5.41) is 0. The van der Waals surface area contributed by atoms with Gasteiger partial charge in [-0.15, -0.1) is 11.6 Å². The molecule has 0 aliphatic rings. The molecule has 0 unspecified atom stereocenters. The SMILES string of the molecule is CCc1cc(Br)ccc1-n1c(CCl)nc2ccc(F)cc21. The van der Waals surface area contributed by atoms with E-state index in [0.717, 1.165) is 33.2 Å². The van der Waals surface area contributed by atoms with E-state index in [1.165, 1.54) is 12.1 Å². The summed E-state index contributed by atoms with van der Waals surface area (Å²) in [5.74, 6) is 0.712. The van der Waals surface area contributed by atoms with Gasteiger partial charge in [-0.3, -0.25) is 4.57 Å². The van der Waals surface area contributed by atoms with Crippen LogP contribution in [0.25, 0.3) is 16.7 Å². The van der Waals surface area contributed by atoms with E-state index in [1.807, 2.05) is 16.7 Å². The summed E-state index contributed by atoms with van der Waals surface area (Å²) < 4.78 is 16.6. The maximum atomic E-state index is 13.6. The van der Waals surface area contributed by atoms with Gasteiger partial charge in [-0.05, 0) is 42.3 Å². The highest BCUT2D eigenvalue weighted by Crippen LogP contribution is 2.27. The fourth-order valence-electron chi connectivity index (χ4n) is 2.51. The summed E-state index contributed by atoms with van der Waals surface area (Å²) in [5.41, 5.74) is 3.63. The first-order valence-corrected chi connectivity index (χ1v) is 7.98. The first-order chi connectivity index (χ1) is 10.1. The van der Waals surface area contributed by atoms with Gasteiger partial charge in [0.25, 0.3) is 0 Å². The smallest absolute Gasteiger partial charge is 0.129 e. The zero-order valence-corrected chi connectivity index (χ0v) is 13.7. The lowest BCUT2D eigenvalue weighted by Gasteiger charge is -2.13. The Morgan fingerprint density at radius 1 is 1.24 bits per heavy atom. The second-order valence-electron chi connectivity index (χ2n) is 4.76. The molecule has 2 nitrogen and oxygen atoms in total. The quantitative estimate of drug-likeness (QED) is 0.580. The molecule has 5 heteroatoms. The monoisotopic (exact) mass is 366 g/mol. The third-order valence-electron chi connectivity index (χ3n) is 3.47. The van der Waals surface area contributed by atoms with Gasteiger partial charge in [0.2, 0.25) is 0 Å². The van der Waals surface area contributed by atoms with Gasteiger partial charge >= 0.3 is 0 Å². The van der Waals surface area contributed by atoms with Gasteiger partial charge in [0.15, 0.2) is 0 Å². The van der Waals surface area contributed by atoms with Crippen molar-refractivity contribution in [3.05, 3.63) is 58.1 Å². The Balaban J connectivity index is 2.35. The Labute approximate surface area is 135 Å². The lowest BCUT2D eigenvalue weighted by Crippen LogP contribution is -2.03. The van der Waals surface area contributed by atoms with E-state index in [-0.39, 0.29) is 11.7 Å². The van der Waals surface area contributed by atoms with Gasteiger partial charge in [-0.2, -0.15) is 0 Å². The molecule has 0 bridgehead atoms. The first kappa shape index (κ1) is 14.5. The fraction of sp³-hybridized carbons (Fsp3) is 0.188. The van der Waals surface area contributed by atoms with Gasteiger partial charge in [0, 0.05) is 10.5 Å². The molecule has 0 spiro atoms. The Bertz CT molecular complexity index is 813. The maximum Gasteiger partial charge on any atom is 0.129 e. The number of hydrogen-bond donors (Lipinski definition) is 0. The predicted octanol–water partition coefficient (Wildman–Crippen LogP) is 5.23. The minimum atomic E-state index is -0.278. The molecule has 0 atom stereocenters. The van der Waals surface area contributed by atoms with Crippen LogP contribution in [0.3, 0.4) is 0 Å². The minimum Gasteiger partial charge on any atom is -0.295 e. The number of aromatic nitrogens is 2. The average molecular weight is 368 g/mol. The number of alkyl halides is 1. The molecule has 2 aromatic carbocycles. The van der Waals surface area contributed by atoms with Crippen molar-refractivity contribution in [2.45, 2.75) is 19.2 Å². The number of halogens is 3. The number of aryl methyl sites for hydroxylation is 1. The van der Waals surface area contributed by atoms with Crippen molar-refractivity contribution in [3.63, 3.8) is 0 Å². The molecule has 0 N–H and O–H groups in total. The molecular weight excluding hydrogens is 355 g/mol. The number of nitrogens with zero attached hydrogens (tertiary/aromatic N) is 2. The third-order valence-corrected chi connectivity index (χ3v) is 4.20. The van der Waals surface area contributed by atoms with Crippen LogP contribution in [-0.2, 0) is 12.3 Å². The molecule has 0 amide bonds. The number of rotatable bonds is 3. The van der Waals surface area contributed by atoms with Gasteiger partial charge in [-0.25, -0.2) is 9.37 Å². The van der Waals surface area contributed by atoms with E-state index in [1.54, 1.807) is 6.07 Å². The van der Waals surface area contributed by atoms with Crippen LogP contribution in [0.1, 0.15) is 18.3 Å². The molecule has 0 saturated heterocycles. The summed E-state index contributed by atoms with van der Waals surface area (Å²) in [6, 6.07) is 10.6.